The predicted molar refractivity (Wildman–Crippen MR) is 102 cm³/mol. The fourth-order valence-electron chi connectivity index (χ4n) is 3.10. The number of aryl methyl sites for hydroxylation is 1. The Balaban J connectivity index is 1.54. The van der Waals surface area contributed by atoms with E-state index in [9.17, 15) is 9.59 Å². The number of nitrogens with zero attached hydrogens (tertiary/aromatic N) is 1. The van der Waals surface area contributed by atoms with Crippen LogP contribution in [0, 0.1) is 0 Å². The molecule has 0 aromatic heterocycles. The Hall–Kier alpha value is -2.82. The van der Waals surface area contributed by atoms with Crippen LogP contribution in [-0.2, 0) is 11.2 Å². The fourth-order valence-corrected chi connectivity index (χ4v) is 3.10. The number of benzene rings is 2. The Morgan fingerprint density at radius 1 is 1.08 bits per heavy atom. The predicted octanol–water partition coefficient (Wildman–Crippen LogP) is 3.50. The standard InChI is InChI=1S/C21H24N2O3/c1-26-19-6-4-5-18(15-19)22-21(25)17-10-7-16(8-11-17)9-12-20(24)23-13-2-3-14-23/h4-8,10-11,15H,2-3,9,12-14H2,1H3,(H,22,25). The average molecular weight is 352 g/mol. The molecule has 1 aliphatic rings. The summed E-state index contributed by atoms with van der Waals surface area (Å²) in [7, 11) is 1.59. The molecule has 0 saturated carbocycles. The first-order valence-corrected chi connectivity index (χ1v) is 8.98. The van der Waals surface area contributed by atoms with Crippen LogP contribution in [0.3, 0.4) is 0 Å². The molecule has 0 atom stereocenters. The van der Waals surface area contributed by atoms with E-state index in [1.54, 1.807) is 25.3 Å². The molecule has 0 aliphatic carbocycles. The maximum atomic E-state index is 12.4. The van der Waals surface area contributed by atoms with Gasteiger partial charge in [-0.2, -0.15) is 0 Å². The highest BCUT2D eigenvalue weighted by molar-refractivity contribution is 6.04. The monoisotopic (exact) mass is 352 g/mol. The van der Waals surface area contributed by atoms with Crippen molar-refractivity contribution in [3.8, 4) is 5.75 Å². The highest BCUT2D eigenvalue weighted by Gasteiger charge is 2.17. The number of ether oxygens (including phenoxy) is 1. The third-order valence-corrected chi connectivity index (χ3v) is 4.63. The maximum absolute atomic E-state index is 12.4. The van der Waals surface area contributed by atoms with Crippen molar-refractivity contribution in [2.24, 2.45) is 0 Å². The number of rotatable bonds is 6. The molecule has 0 spiro atoms. The Morgan fingerprint density at radius 3 is 2.50 bits per heavy atom. The summed E-state index contributed by atoms with van der Waals surface area (Å²) in [6.45, 7) is 1.78. The van der Waals surface area contributed by atoms with Crippen molar-refractivity contribution in [1.82, 2.24) is 4.90 Å². The van der Waals surface area contributed by atoms with Gasteiger partial charge in [-0.3, -0.25) is 9.59 Å². The Labute approximate surface area is 154 Å². The number of carbonyl (C=O) groups excluding carboxylic acids is 2. The van der Waals surface area contributed by atoms with Gasteiger partial charge in [-0.25, -0.2) is 0 Å². The fraction of sp³-hybridized carbons (Fsp3) is 0.333. The third kappa shape index (κ3) is 4.63. The minimum Gasteiger partial charge on any atom is -0.497 e. The molecule has 26 heavy (non-hydrogen) atoms. The van der Waals surface area contributed by atoms with Crippen molar-refractivity contribution in [2.75, 3.05) is 25.5 Å². The summed E-state index contributed by atoms with van der Waals surface area (Å²) in [4.78, 5) is 26.4. The number of carbonyl (C=O) groups is 2. The van der Waals surface area contributed by atoms with Crippen LogP contribution >= 0.6 is 0 Å². The summed E-state index contributed by atoms with van der Waals surface area (Å²) >= 11 is 0. The molecule has 1 aliphatic heterocycles. The summed E-state index contributed by atoms with van der Waals surface area (Å²) in [5, 5.41) is 2.86. The molecule has 2 amide bonds. The lowest BCUT2D eigenvalue weighted by atomic mass is 10.1. The van der Waals surface area contributed by atoms with E-state index >= 15 is 0 Å². The zero-order chi connectivity index (χ0) is 18.4. The average Bonchev–Trinajstić information content (AvgIpc) is 3.21. The van der Waals surface area contributed by atoms with Crippen LogP contribution in [0.4, 0.5) is 5.69 Å². The quantitative estimate of drug-likeness (QED) is 0.866. The van der Waals surface area contributed by atoms with Gasteiger partial charge in [-0.1, -0.05) is 18.2 Å². The van der Waals surface area contributed by atoms with E-state index in [-0.39, 0.29) is 11.8 Å². The van der Waals surface area contributed by atoms with Gasteiger partial charge < -0.3 is 15.0 Å². The molecule has 1 fully saturated rings. The summed E-state index contributed by atoms with van der Waals surface area (Å²) < 4.78 is 5.16. The van der Waals surface area contributed by atoms with E-state index in [1.807, 2.05) is 35.2 Å². The molecule has 0 radical (unpaired) electrons. The van der Waals surface area contributed by atoms with Crippen molar-refractivity contribution < 1.29 is 14.3 Å². The van der Waals surface area contributed by atoms with Crippen LogP contribution in [0.1, 0.15) is 35.2 Å². The molecular formula is C21H24N2O3. The largest absolute Gasteiger partial charge is 0.497 e. The normalized spacial score (nSPS) is 13.5. The first-order chi connectivity index (χ1) is 12.7. The van der Waals surface area contributed by atoms with Gasteiger partial charge in [-0.15, -0.1) is 0 Å². The Bertz CT molecular complexity index is 765. The Kier molecular flexibility index (Phi) is 5.89. The number of amides is 2. The number of hydrogen-bond donors (Lipinski definition) is 1. The minimum atomic E-state index is -0.169. The van der Waals surface area contributed by atoms with Crippen LogP contribution in [-0.4, -0.2) is 36.9 Å². The molecule has 1 heterocycles. The van der Waals surface area contributed by atoms with Crippen LogP contribution in [0.25, 0.3) is 0 Å². The molecule has 136 valence electrons. The topological polar surface area (TPSA) is 58.6 Å². The SMILES string of the molecule is COc1cccc(NC(=O)c2ccc(CCC(=O)N3CCCC3)cc2)c1. The molecular weight excluding hydrogens is 328 g/mol. The lowest BCUT2D eigenvalue weighted by Gasteiger charge is -2.15. The van der Waals surface area contributed by atoms with Crippen molar-refractivity contribution >= 4 is 17.5 Å². The lowest BCUT2D eigenvalue weighted by Crippen LogP contribution is -2.27. The molecule has 1 N–H and O–H groups in total. The second-order valence-corrected chi connectivity index (χ2v) is 6.47. The summed E-state index contributed by atoms with van der Waals surface area (Å²) in [5.74, 6) is 0.751. The zero-order valence-electron chi connectivity index (χ0n) is 15.0. The summed E-state index contributed by atoms with van der Waals surface area (Å²) in [6, 6.07) is 14.7. The number of likely N-dealkylation sites (tertiary alicyclic amines) is 1. The molecule has 2 aromatic rings. The molecule has 5 heteroatoms. The summed E-state index contributed by atoms with van der Waals surface area (Å²) in [5.41, 5.74) is 2.34. The molecule has 0 bridgehead atoms. The second kappa shape index (κ2) is 8.52. The van der Waals surface area contributed by atoms with Gasteiger partial charge in [0.15, 0.2) is 0 Å². The highest BCUT2D eigenvalue weighted by atomic mass is 16.5. The first-order valence-electron chi connectivity index (χ1n) is 8.98. The lowest BCUT2D eigenvalue weighted by molar-refractivity contribution is -0.130. The minimum absolute atomic E-state index is 0.169. The molecule has 5 nitrogen and oxygen atoms in total. The zero-order valence-corrected chi connectivity index (χ0v) is 15.0. The van der Waals surface area contributed by atoms with Crippen LogP contribution in [0.15, 0.2) is 48.5 Å². The molecule has 3 rings (SSSR count). The van der Waals surface area contributed by atoms with Gasteiger partial charge >= 0.3 is 0 Å². The van der Waals surface area contributed by atoms with E-state index in [4.69, 9.17) is 4.74 Å². The number of hydrogen-bond acceptors (Lipinski definition) is 3. The number of nitrogens with one attached hydrogen (secondary N) is 1. The summed E-state index contributed by atoms with van der Waals surface area (Å²) in [6.07, 6.45) is 3.45. The van der Waals surface area contributed by atoms with Crippen LogP contribution < -0.4 is 10.1 Å². The van der Waals surface area contributed by atoms with Crippen molar-refractivity contribution in [3.63, 3.8) is 0 Å². The van der Waals surface area contributed by atoms with E-state index in [1.165, 1.54) is 0 Å². The third-order valence-electron chi connectivity index (χ3n) is 4.63. The van der Waals surface area contributed by atoms with E-state index in [0.717, 1.165) is 31.5 Å². The van der Waals surface area contributed by atoms with E-state index < -0.39 is 0 Å². The number of methoxy groups -OCH3 is 1. The number of anilines is 1. The van der Waals surface area contributed by atoms with Crippen molar-refractivity contribution in [1.29, 1.82) is 0 Å². The maximum Gasteiger partial charge on any atom is 0.255 e. The van der Waals surface area contributed by atoms with Crippen molar-refractivity contribution in [3.05, 3.63) is 59.7 Å². The second-order valence-electron chi connectivity index (χ2n) is 6.47. The first kappa shape index (κ1) is 18.0. The van der Waals surface area contributed by atoms with Crippen molar-refractivity contribution in [2.45, 2.75) is 25.7 Å². The van der Waals surface area contributed by atoms with Gasteiger partial charge in [0.25, 0.3) is 5.91 Å². The van der Waals surface area contributed by atoms with Crippen LogP contribution in [0.5, 0.6) is 5.75 Å². The Morgan fingerprint density at radius 2 is 1.81 bits per heavy atom. The molecule has 1 saturated heterocycles. The van der Waals surface area contributed by atoms with Gasteiger partial charge in [0, 0.05) is 36.8 Å². The van der Waals surface area contributed by atoms with Gasteiger partial charge in [0.05, 0.1) is 7.11 Å². The highest BCUT2D eigenvalue weighted by Crippen LogP contribution is 2.18. The smallest absolute Gasteiger partial charge is 0.255 e. The van der Waals surface area contributed by atoms with Gasteiger partial charge in [-0.05, 0) is 49.1 Å². The van der Waals surface area contributed by atoms with Gasteiger partial charge in [0.1, 0.15) is 5.75 Å². The van der Waals surface area contributed by atoms with Crippen LogP contribution in [0.2, 0.25) is 0 Å². The molecule has 2 aromatic carbocycles. The van der Waals surface area contributed by atoms with E-state index in [0.29, 0.717) is 29.8 Å². The molecule has 0 unspecified atom stereocenters. The van der Waals surface area contributed by atoms with E-state index in [2.05, 4.69) is 5.32 Å². The van der Waals surface area contributed by atoms with Gasteiger partial charge in [0.2, 0.25) is 5.91 Å².